The molecule has 0 radical (unpaired) electrons. The van der Waals surface area contributed by atoms with Gasteiger partial charge in [0.2, 0.25) is 0 Å². The van der Waals surface area contributed by atoms with Gasteiger partial charge in [-0.1, -0.05) is 43.5 Å². The van der Waals surface area contributed by atoms with Crippen molar-refractivity contribution in [2.45, 2.75) is 44.6 Å². The molecular formula is C16H19N3OS. The molecule has 0 aromatic heterocycles. The molecule has 2 N–H and O–H groups in total. The summed E-state index contributed by atoms with van der Waals surface area (Å²) in [6.07, 6.45) is 6.52. The lowest BCUT2D eigenvalue weighted by atomic mass is 9.96. The summed E-state index contributed by atoms with van der Waals surface area (Å²) in [5.41, 5.74) is 5.32. The van der Waals surface area contributed by atoms with Crippen molar-refractivity contribution in [1.29, 1.82) is 0 Å². The van der Waals surface area contributed by atoms with Gasteiger partial charge in [-0.05, 0) is 25.1 Å². The fourth-order valence-corrected chi connectivity index (χ4v) is 3.22. The summed E-state index contributed by atoms with van der Waals surface area (Å²) in [6.45, 7) is 0. The first-order chi connectivity index (χ1) is 10.2. The second kappa shape index (κ2) is 6.35. The molecule has 0 saturated heterocycles. The van der Waals surface area contributed by atoms with Crippen molar-refractivity contribution in [3.63, 3.8) is 0 Å². The fraction of sp³-hybridized carbons (Fsp3) is 0.438. The van der Waals surface area contributed by atoms with E-state index in [1.807, 2.05) is 24.3 Å². The first-order valence-corrected chi connectivity index (χ1v) is 7.90. The van der Waals surface area contributed by atoms with Gasteiger partial charge in [0.15, 0.2) is 10.9 Å². The van der Waals surface area contributed by atoms with Crippen LogP contribution in [-0.2, 0) is 0 Å². The van der Waals surface area contributed by atoms with Crippen molar-refractivity contribution in [1.82, 2.24) is 10.7 Å². The minimum Gasteiger partial charge on any atom is -0.359 e. The van der Waals surface area contributed by atoms with Crippen LogP contribution in [0, 0.1) is 0 Å². The Balaban J connectivity index is 1.61. The van der Waals surface area contributed by atoms with E-state index >= 15 is 0 Å². The molecule has 2 aliphatic carbocycles. The number of rotatable bonds is 2. The molecule has 1 aromatic rings. The predicted molar refractivity (Wildman–Crippen MR) is 87.7 cm³/mol. The maximum absolute atomic E-state index is 11.9. The van der Waals surface area contributed by atoms with Gasteiger partial charge in [-0.2, -0.15) is 5.10 Å². The summed E-state index contributed by atoms with van der Waals surface area (Å²) in [6, 6.07) is 8.03. The number of carbonyl (C=O) groups is 1. The number of fused-ring (bicyclic) bond motifs is 1. The van der Waals surface area contributed by atoms with E-state index in [9.17, 15) is 4.79 Å². The second-order valence-corrected chi connectivity index (χ2v) is 6.03. The first kappa shape index (κ1) is 14.2. The highest BCUT2D eigenvalue weighted by atomic mass is 32.1. The highest BCUT2D eigenvalue weighted by molar-refractivity contribution is 7.80. The molecule has 0 heterocycles. The third kappa shape index (κ3) is 3.29. The summed E-state index contributed by atoms with van der Waals surface area (Å²) < 4.78 is 0. The average Bonchev–Trinajstić information content (AvgIpc) is 2.83. The minimum absolute atomic E-state index is 0.123. The molecule has 0 amide bonds. The monoisotopic (exact) mass is 301 g/mol. The number of nitrogens with one attached hydrogen (secondary N) is 2. The smallest absolute Gasteiger partial charge is 0.187 e. The first-order valence-electron chi connectivity index (χ1n) is 7.50. The van der Waals surface area contributed by atoms with Crippen LogP contribution in [0.15, 0.2) is 29.4 Å². The Morgan fingerprint density at radius 3 is 2.62 bits per heavy atom. The van der Waals surface area contributed by atoms with Crippen LogP contribution in [0.25, 0.3) is 0 Å². The molecule has 0 aliphatic heterocycles. The highest BCUT2D eigenvalue weighted by Crippen LogP contribution is 2.22. The molecule has 21 heavy (non-hydrogen) atoms. The van der Waals surface area contributed by atoms with Crippen LogP contribution < -0.4 is 10.7 Å². The van der Waals surface area contributed by atoms with Crippen LogP contribution in [0.4, 0.5) is 0 Å². The third-order valence-electron chi connectivity index (χ3n) is 4.10. The van der Waals surface area contributed by atoms with E-state index in [-0.39, 0.29) is 5.78 Å². The van der Waals surface area contributed by atoms with Gasteiger partial charge in [-0.3, -0.25) is 10.2 Å². The van der Waals surface area contributed by atoms with Crippen LogP contribution in [0.3, 0.4) is 0 Å². The number of nitrogens with zero attached hydrogens (tertiary/aromatic N) is 1. The van der Waals surface area contributed by atoms with Crippen molar-refractivity contribution >= 4 is 28.8 Å². The largest absolute Gasteiger partial charge is 0.359 e. The predicted octanol–water partition coefficient (Wildman–Crippen LogP) is 2.77. The van der Waals surface area contributed by atoms with E-state index in [1.54, 1.807) is 0 Å². The number of ketones is 1. The van der Waals surface area contributed by atoms with Gasteiger partial charge in [0.25, 0.3) is 0 Å². The molecule has 110 valence electrons. The molecule has 1 aromatic carbocycles. The van der Waals surface area contributed by atoms with Crippen LogP contribution in [-0.4, -0.2) is 22.6 Å². The van der Waals surface area contributed by atoms with E-state index in [4.69, 9.17) is 12.2 Å². The van der Waals surface area contributed by atoms with Gasteiger partial charge in [0.05, 0.1) is 12.1 Å². The van der Waals surface area contributed by atoms with E-state index in [2.05, 4.69) is 15.8 Å². The maximum Gasteiger partial charge on any atom is 0.187 e. The Hall–Kier alpha value is -1.75. The Bertz CT molecular complexity index is 591. The number of thiocarbonyl (C=S) groups is 1. The number of hydrogen-bond acceptors (Lipinski definition) is 3. The standard InChI is InChI=1S/C16H19N3OS/c20-15-10-14(12-8-4-5-9-13(12)15)18-19-16(21)17-11-6-2-1-3-7-11/h4-5,8-9,11H,1-3,6-7,10H2,(H2,17,19,21)/b18-14-. The molecule has 0 spiro atoms. The average molecular weight is 301 g/mol. The van der Waals surface area contributed by atoms with Crippen LogP contribution in [0.2, 0.25) is 0 Å². The van der Waals surface area contributed by atoms with Crippen molar-refractivity contribution in [3.05, 3.63) is 35.4 Å². The summed E-state index contributed by atoms with van der Waals surface area (Å²) >= 11 is 5.28. The lowest BCUT2D eigenvalue weighted by Gasteiger charge is -2.23. The van der Waals surface area contributed by atoms with Crippen molar-refractivity contribution in [3.8, 4) is 0 Å². The molecule has 0 atom stereocenters. The molecule has 4 nitrogen and oxygen atoms in total. The van der Waals surface area contributed by atoms with Gasteiger partial charge in [-0.15, -0.1) is 0 Å². The quantitative estimate of drug-likeness (QED) is 0.651. The normalized spacial score (nSPS) is 20.4. The number of carbonyl (C=O) groups excluding carboxylic acids is 1. The van der Waals surface area contributed by atoms with Crippen LogP contribution in [0.1, 0.15) is 54.4 Å². The van der Waals surface area contributed by atoms with E-state index in [0.29, 0.717) is 17.6 Å². The van der Waals surface area contributed by atoms with Crippen molar-refractivity contribution in [2.24, 2.45) is 5.10 Å². The molecular weight excluding hydrogens is 282 g/mol. The number of Topliss-reactive ketones (excluding diaryl/α,β-unsaturated/α-hetero) is 1. The number of benzene rings is 1. The minimum atomic E-state index is 0.123. The Labute approximate surface area is 130 Å². The molecule has 3 rings (SSSR count). The summed E-state index contributed by atoms with van der Waals surface area (Å²) in [5.74, 6) is 0.123. The van der Waals surface area contributed by atoms with E-state index < -0.39 is 0 Å². The summed E-state index contributed by atoms with van der Waals surface area (Å²) in [5, 5.41) is 8.18. The molecule has 5 heteroatoms. The van der Waals surface area contributed by atoms with Gasteiger partial charge < -0.3 is 5.32 Å². The number of hydrogen-bond donors (Lipinski definition) is 2. The molecule has 0 bridgehead atoms. The molecule has 1 fully saturated rings. The van der Waals surface area contributed by atoms with Crippen LogP contribution in [0.5, 0.6) is 0 Å². The third-order valence-corrected chi connectivity index (χ3v) is 4.31. The number of hydrazone groups is 1. The lowest BCUT2D eigenvalue weighted by Crippen LogP contribution is -2.41. The molecule has 2 aliphatic rings. The maximum atomic E-state index is 11.9. The second-order valence-electron chi connectivity index (χ2n) is 5.62. The zero-order valence-electron chi connectivity index (χ0n) is 11.9. The lowest BCUT2D eigenvalue weighted by molar-refractivity contribution is 0.101. The molecule has 1 saturated carbocycles. The van der Waals surface area contributed by atoms with E-state index in [1.165, 1.54) is 32.1 Å². The Morgan fingerprint density at radius 1 is 1.14 bits per heavy atom. The van der Waals surface area contributed by atoms with Gasteiger partial charge in [0, 0.05) is 17.2 Å². The Kier molecular flexibility index (Phi) is 4.29. The van der Waals surface area contributed by atoms with Gasteiger partial charge >= 0.3 is 0 Å². The van der Waals surface area contributed by atoms with Gasteiger partial charge in [0.1, 0.15) is 0 Å². The Morgan fingerprint density at radius 2 is 1.86 bits per heavy atom. The van der Waals surface area contributed by atoms with Crippen LogP contribution >= 0.6 is 12.2 Å². The van der Waals surface area contributed by atoms with E-state index in [0.717, 1.165) is 16.8 Å². The SMILES string of the molecule is O=C1C/C(=N/NC(=S)NC2CCCCC2)c2ccccc21. The zero-order chi connectivity index (χ0) is 14.7. The fourth-order valence-electron chi connectivity index (χ4n) is 3.00. The summed E-state index contributed by atoms with van der Waals surface area (Å²) in [7, 11) is 0. The zero-order valence-corrected chi connectivity index (χ0v) is 12.7. The van der Waals surface area contributed by atoms with Crippen molar-refractivity contribution < 1.29 is 4.79 Å². The topological polar surface area (TPSA) is 53.5 Å². The molecule has 0 unspecified atom stereocenters. The van der Waals surface area contributed by atoms with Crippen molar-refractivity contribution in [2.75, 3.05) is 0 Å². The summed E-state index contributed by atoms with van der Waals surface area (Å²) in [4.78, 5) is 11.9. The highest BCUT2D eigenvalue weighted by Gasteiger charge is 2.25. The van der Waals surface area contributed by atoms with Gasteiger partial charge in [-0.25, -0.2) is 0 Å².